The van der Waals surface area contributed by atoms with Crippen molar-refractivity contribution in [1.29, 1.82) is 0 Å². The first-order valence-electron chi connectivity index (χ1n) is 6.09. The molecule has 5 nitrogen and oxygen atoms in total. The van der Waals surface area contributed by atoms with Gasteiger partial charge in [-0.2, -0.15) is 18.3 Å². The number of hydrogen-bond donors (Lipinski definition) is 1. The van der Waals surface area contributed by atoms with Crippen LogP contribution in [0.25, 0.3) is 5.52 Å². The van der Waals surface area contributed by atoms with Crippen LogP contribution in [0.15, 0.2) is 18.5 Å². The molecule has 0 aliphatic rings. The van der Waals surface area contributed by atoms with E-state index in [-0.39, 0.29) is 6.04 Å². The van der Waals surface area contributed by atoms with Gasteiger partial charge < -0.3 is 10.1 Å². The van der Waals surface area contributed by atoms with Crippen LogP contribution in [-0.2, 0) is 10.9 Å². The molecule has 20 heavy (non-hydrogen) atoms. The second-order valence-corrected chi connectivity index (χ2v) is 4.46. The highest BCUT2D eigenvalue weighted by molar-refractivity contribution is 5.68. The minimum Gasteiger partial charge on any atom is -0.385 e. The Morgan fingerprint density at radius 2 is 2.20 bits per heavy atom. The fourth-order valence-electron chi connectivity index (χ4n) is 1.77. The third-order valence-corrected chi connectivity index (χ3v) is 2.82. The van der Waals surface area contributed by atoms with Crippen molar-refractivity contribution in [3.8, 4) is 0 Å². The predicted octanol–water partition coefficient (Wildman–Crippen LogP) is 2.58. The molecule has 0 aliphatic carbocycles. The molecule has 1 unspecified atom stereocenters. The number of aromatic nitrogens is 3. The zero-order valence-electron chi connectivity index (χ0n) is 11.1. The number of methoxy groups -OCH3 is 1. The van der Waals surface area contributed by atoms with Gasteiger partial charge in [-0.05, 0) is 13.3 Å². The molecular formula is C12H15F3N4O. The van der Waals surface area contributed by atoms with E-state index in [2.05, 4.69) is 15.4 Å². The lowest BCUT2D eigenvalue weighted by Gasteiger charge is -2.14. The van der Waals surface area contributed by atoms with Crippen LogP contribution in [-0.4, -0.2) is 34.4 Å². The molecule has 2 aromatic rings. The summed E-state index contributed by atoms with van der Waals surface area (Å²) in [5, 5.41) is 6.57. The molecule has 1 atom stereocenters. The second kappa shape index (κ2) is 5.66. The molecule has 0 radical (unpaired) electrons. The average Bonchev–Trinajstić information content (AvgIpc) is 2.81. The van der Waals surface area contributed by atoms with Gasteiger partial charge in [0.1, 0.15) is 5.52 Å². The molecule has 0 aromatic carbocycles. The number of ether oxygens (including phenoxy) is 1. The van der Waals surface area contributed by atoms with Crippen molar-refractivity contribution in [2.24, 2.45) is 0 Å². The normalized spacial score (nSPS) is 13.7. The quantitative estimate of drug-likeness (QED) is 0.918. The Morgan fingerprint density at radius 1 is 1.45 bits per heavy atom. The van der Waals surface area contributed by atoms with E-state index < -0.39 is 11.9 Å². The van der Waals surface area contributed by atoms with Gasteiger partial charge in [0.25, 0.3) is 0 Å². The molecule has 0 saturated carbocycles. The van der Waals surface area contributed by atoms with E-state index in [1.54, 1.807) is 7.11 Å². The number of hydrogen-bond acceptors (Lipinski definition) is 4. The van der Waals surface area contributed by atoms with Crippen LogP contribution in [0.4, 0.5) is 19.0 Å². The molecule has 2 rings (SSSR count). The van der Waals surface area contributed by atoms with E-state index in [1.807, 2.05) is 6.92 Å². The molecule has 0 aliphatic heterocycles. The van der Waals surface area contributed by atoms with Crippen molar-refractivity contribution in [2.45, 2.75) is 25.6 Å². The van der Waals surface area contributed by atoms with Crippen LogP contribution in [0.5, 0.6) is 0 Å². The van der Waals surface area contributed by atoms with Gasteiger partial charge in [-0.3, -0.25) is 0 Å². The Hall–Kier alpha value is -1.83. The summed E-state index contributed by atoms with van der Waals surface area (Å²) in [5.41, 5.74) is -0.637. The molecule has 0 spiro atoms. The van der Waals surface area contributed by atoms with Gasteiger partial charge in [-0.25, -0.2) is 9.50 Å². The third-order valence-electron chi connectivity index (χ3n) is 2.82. The van der Waals surface area contributed by atoms with E-state index in [1.165, 1.54) is 16.9 Å². The highest BCUT2D eigenvalue weighted by Crippen LogP contribution is 2.30. The van der Waals surface area contributed by atoms with Crippen LogP contribution in [0.1, 0.15) is 19.0 Å². The summed E-state index contributed by atoms with van der Waals surface area (Å²) in [6.45, 7) is 2.47. The minimum absolute atomic E-state index is 0.0258. The highest BCUT2D eigenvalue weighted by atomic mass is 19.4. The van der Waals surface area contributed by atoms with Crippen LogP contribution in [0.3, 0.4) is 0 Å². The summed E-state index contributed by atoms with van der Waals surface area (Å²) in [6, 6.07) is 1.01. The van der Waals surface area contributed by atoms with Gasteiger partial charge >= 0.3 is 6.18 Å². The fourth-order valence-corrected chi connectivity index (χ4v) is 1.77. The molecule has 2 heterocycles. The van der Waals surface area contributed by atoms with Crippen LogP contribution < -0.4 is 5.32 Å². The molecule has 0 fully saturated rings. The molecule has 110 valence electrons. The zero-order chi connectivity index (χ0) is 14.8. The van der Waals surface area contributed by atoms with Gasteiger partial charge in [0.05, 0.1) is 0 Å². The van der Waals surface area contributed by atoms with Crippen LogP contribution in [0, 0.1) is 0 Å². The SMILES string of the molecule is COCCC(C)Nc1nccn2nc(C(F)(F)F)cc12. The largest absolute Gasteiger partial charge is 0.435 e. The predicted molar refractivity (Wildman–Crippen MR) is 67.6 cm³/mol. The van der Waals surface area contributed by atoms with E-state index in [0.717, 1.165) is 12.5 Å². The summed E-state index contributed by atoms with van der Waals surface area (Å²) in [6.07, 6.45) is -0.953. The number of rotatable bonds is 5. The molecule has 2 aromatic heterocycles. The van der Waals surface area contributed by atoms with Gasteiger partial charge in [0.15, 0.2) is 11.5 Å². The number of nitrogens with zero attached hydrogens (tertiary/aromatic N) is 3. The Bertz CT molecular complexity index is 582. The maximum Gasteiger partial charge on any atom is 0.435 e. The molecule has 0 amide bonds. The van der Waals surface area contributed by atoms with Gasteiger partial charge in [-0.1, -0.05) is 0 Å². The molecule has 8 heteroatoms. The molecular weight excluding hydrogens is 273 g/mol. The molecule has 1 N–H and O–H groups in total. The Morgan fingerprint density at radius 3 is 2.85 bits per heavy atom. The summed E-state index contributed by atoms with van der Waals surface area (Å²) in [5.74, 6) is 0.374. The van der Waals surface area contributed by atoms with E-state index in [0.29, 0.717) is 17.9 Å². The summed E-state index contributed by atoms with van der Waals surface area (Å²) >= 11 is 0. The molecule has 0 bridgehead atoms. The average molecular weight is 288 g/mol. The van der Waals surface area contributed by atoms with Crippen LogP contribution >= 0.6 is 0 Å². The number of alkyl halides is 3. The summed E-state index contributed by atoms with van der Waals surface area (Å²) in [4.78, 5) is 4.07. The number of halogens is 3. The lowest BCUT2D eigenvalue weighted by atomic mass is 10.2. The molecule has 0 saturated heterocycles. The monoisotopic (exact) mass is 288 g/mol. The Kier molecular flexibility index (Phi) is 4.12. The van der Waals surface area contributed by atoms with Crippen molar-refractivity contribution >= 4 is 11.3 Å². The Labute approximate surface area is 113 Å². The van der Waals surface area contributed by atoms with Gasteiger partial charge in [0, 0.05) is 38.2 Å². The summed E-state index contributed by atoms with van der Waals surface area (Å²) < 4.78 is 44.1. The Balaban J connectivity index is 2.27. The lowest BCUT2D eigenvalue weighted by Crippen LogP contribution is -2.18. The second-order valence-electron chi connectivity index (χ2n) is 4.46. The third kappa shape index (κ3) is 3.19. The van der Waals surface area contributed by atoms with E-state index >= 15 is 0 Å². The van der Waals surface area contributed by atoms with E-state index in [4.69, 9.17) is 4.74 Å². The number of fused-ring (bicyclic) bond motifs is 1. The standard InChI is InChI=1S/C12H15F3N4O/c1-8(3-6-20-2)17-11-9-7-10(12(13,14)15)18-19(9)5-4-16-11/h4-5,7-8H,3,6H2,1-2H3,(H,16,17). The summed E-state index contributed by atoms with van der Waals surface area (Å²) in [7, 11) is 1.60. The van der Waals surface area contributed by atoms with Crippen molar-refractivity contribution in [1.82, 2.24) is 14.6 Å². The topological polar surface area (TPSA) is 51.5 Å². The minimum atomic E-state index is -4.47. The maximum atomic E-state index is 12.7. The van der Waals surface area contributed by atoms with E-state index in [9.17, 15) is 13.2 Å². The van der Waals surface area contributed by atoms with Crippen molar-refractivity contribution in [3.05, 3.63) is 24.2 Å². The van der Waals surface area contributed by atoms with Gasteiger partial charge in [-0.15, -0.1) is 0 Å². The number of anilines is 1. The fraction of sp³-hybridized carbons (Fsp3) is 0.500. The van der Waals surface area contributed by atoms with Crippen molar-refractivity contribution in [3.63, 3.8) is 0 Å². The first-order valence-corrected chi connectivity index (χ1v) is 6.09. The number of nitrogens with one attached hydrogen (secondary N) is 1. The first kappa shape index (κ1) is 14.6. The van der Waals surface area contributed by atoms with Crippen LogP contribution in [0.2, 0.25) is 0 Å². The smallest absolute Gasteiger partial charge is 0.385 e. The maximum absolute atomic E-state index is 12.7. The first-order chi connectivity index (χ1) is 9.41. The van der Waals surface area contributed by atoms with Crippen molar-refractivity contribution in [2.75, 3.05) is 19.0 Å². The lowest BCUT2D eigenvalue weighted by molar-refractivity contribution is -0.141. The zero-order valence-corrected chi connectivity index (χ0v) is 11.1. The van der Waals surface area contributed by atoms with Gasteiger partial charge in [0.2, 0.25) is 0 Å². The highest BCUT2D eigenvalue weighted by Gasteiger charge is 2.34. The van der Waals surface area contributed by atoms with Crippen molar-refractivity contribution < 1.29 is 17.9 Å².